The average Bonchev–Trinajstić information content (AvgIpc) is 2.61. The minimum atomic E-state index is 0.0391. The maximum absolute atomic E-state index is 11.6. The molecular formula is C9H9Cl2N3O. The van der Waals surface area contributed by atoms with Crippen molar-refractivity contribution in [1.29, 1.82) is 0 Å². The number of amides is 1. The molecule has 6 heteroatoms. The summed E-state index contributed by atoms with van der Waals surface area (Å²) in [6, 6.07) is 0. The minimum absolute atomic E-state index is 0.0391. The maximum Gasteiger partial charge on any atom is 0.228 e. The molecule has 0 N–H and O–H groups in total. The van der Waals surface area contributed by atoms with Crippen LogP contribution in [0, 0.1) is 5.92 Å². The summed E-state index contributed by atoms with van der Waals surface area (Å²) in [5.74, 6) is 1.27. The molecule has 1 saturated heterocycles. The first-order valence-electron chi connectivity index (χ1n) is 4.54. The van der Waals surface area contributed by atoms with Gasteiger partial charge in [-0.15, -0.1) is 11.6 Å². The van der Waals surface area contributed by atoms with E-state index in [4.69, 9.17) is 23.2 Å². The Labute approximate surface area is 97.2 Å². The Bertz CT molecular complexity index is 368. The summed E-state index contributed by atoms with van der Waals surface area (Å²) in [5.41, 5.74) is 0. The summed E-state index contributed by atoms with van der Waals surface area (Å²) in [5, 5.41) is 0.319. The summed E-state index contributed by atoms with van der Waals surface area (Å²) in [7, 11) is 0. The molecule has 0 bridgehead atoms. The molecule has 2 rings (SSSR count). The predicted octanol–water partition coefficient (Wildman–Crippen LogP) is 1.72. The summed E-state index contributed by atoms with van der Waals surface area (Å²) in [4.78, 5) is 21.1. The predicted molar refractivity (Wildman–Crippen MR) is 58.2 cm³/mol. The van der Waals surface area contributed by atoms with Crippen LogP contribution in [0.25, 0.3) is 0 Å². The molecule has 0 spiro atoms. The highest BCUT2D eigenvalue weighted by molar-refractivity contribution is 6.29. The van der Waals surface area contributed by atoms with Gasteiger partial charge in [-0.1, -0.05) is 11.6 Å². The summed E-state index contributed by atoms with van der Waals surface area (Å²) < 4.78 is 0. The fourth-order valence-corrected chi connectivity index (χ4v) is 1.86. The van der Waals surface area contributed by atoms with E-state index in [1.807, 2.05) is 0 Å². The lowest BCUT2D eigenvalue weighted by Crippen LogP contribution is -2.25. The average molecular weight is 246 g/mol. The van der Waals surface area contributed by atoms with Gasteiger partial charge in [-0.25, -0.2) is 9.97 Å². The van der Waals surface area contributed by atoms with Crippen LogP contribution < -0.4 is 4.90 Å². The van der Waals surface area contributed by atoms with Crippen LogP contribution in [0.5, 0.6) is 0 Å². The van der Waals surface area contributed by atoms with E-state index in [1.165, 1.54) is 12.4 Å². The van der Waals surface area contributed by atoms with Gasteiger partial charge in [0.1, 0.15) is 5.15 Å². The fraction of sp³-hybridized carbons (Fsp3) is 0.444. The molecule has 0 aromatic carbocycles. The van der Waals surface area contributed by atoms with Crippen LogP contribution in [0.4, 0.5) is 5.82 Å². The molecule has 1 unspecified atom stereocenters. The molecule has 0 radical (unpaired) electrons. The van der Waals surface area contributed by atoms with Crippen LogP contribution in [0.1, 0.15) is 6.42 Å². The van der Waals surface area contributed by atoms with Crippen molar-refractivity contribution in [2.45, 2.75) is 6.42 Å². The quantitative estimate of drug-likeness (QED) is 0.746. The lowest BCUT2D eigenvalue weighted by molar-refractivity contribution is -0.117. The third kappa shape index (κ3) is 2.21. The van der Waals surface area contributed by atoms with Crippen LogP contribution in [0.15, 0.2) is 12.4 Å². The normalized spacial score (nSPS) is 21.1. The highest BCUT2D eigenvalue weighted by atomic mass is 35.5. The van der Waals surface area contributed by atoms with Gasteiger partial charge in [0.2, 0.25) is 5.91 Å². The Kier molecular flexibility index (Phi) is 3.07. The molecule has 4 nitrogen and oxygen atoms in total. The number of aromatic nitrogens is 2. The highest BCUT2D eigenvalue weighted by Gasteiger charge is 2.30. The molecule has 1 aromatic rings. The summed E-state index contributed by atoms with van der Waals surface area (Å²) in [6.45, 7) is 0.610. The van der Waals surface area contributed by atoms with Crippen molar-refractivity contribution in [2.24, 2.45) is 5.92 Å². The zero-order valence-corrected chi connectivity index (χ0v) is 9.37. The van der Waals surface area contributed by atoms with E-state index in [0.29, 0.717) is 29.8 Å². The molecule has 1 aliphatic rings. The molecular weight excluding hydrogens is 237 g/mol. The number of nitrogens with zero attached hydrogens (tertiary/aromatic N) is 3. The monoisotopic (exact) mass is 245 g/mol. The molecule has 15 heavy (non-hydrogen) atoms. The number of carbonyl (C=O) groups excluding carboxylic acids is 1. The van der Waals surface area contributed by atoms with Gasteiger partial charge < -0.3 is 0 Å². The lowest BCUT2D eigenvalue weighted by atomic mass is 10.2. The molecule has 1 amide bonds. The van der Waals surface area contributed by atoms with Gasteiger partial charge in [0.25, 0.3) is 0 Å². The number of hydrogen-bond acceptors (Lipinski definition) is 3. The van der Waals surface area contributed by atoms with E-state index >= 15 is 0 Å². The lowest BCUT2D eigenvalue weighted by Gasteiger charge is -2.14. The molecule has 1 aliphatic heterocycles. The molecule has 1 aromatic heterocycles. The number of halogens is 2. The van der Waals surface area contributed by atoms with E-state index in [1.54, 1.807) is 4.90 Å². The zero-order chi connectivity index (χ0) is 10.8. The van der Waals surface area contributed by atoms with Crippen molar-refractivity contribution < 1.29 is 4.79 Å². The second-order valence-corrected chi connectivity index (χ2v) is 4.12. The van der Waals surface area contributed by atoms with E-state index in [0.717, 1.165) is 0 Å². The molecule has 0 aliphatic carbocycles. The molecule has 80 valence electrons. The van der Waals surface area contributed by atoms with E-state index in [-0.39, 0.29) is 11.8 Å². The first kappa shape index (κ1) is 10.6. The summed E-state index contributed by atoms with van der Waals surface area (Å²) >= 11 is 11.3. The van der Waals surface area contributed by atoms with Crippen molar-refractivity contribution in [1.82, 2.24) is 9.97 Å². The second kappa shape index (κ2) is 4.33. The Hall–Kier alpha value is -0.870. The van der Waals surface area contributed by atoms with Crippen molar-refractivity contribution in [3.8, 4) is 0 Å². The van der Waals surface area contributed by atoms with Crippen LogP contribution in [0.2, 0.25) is 5.15 Å². The smallest absolute Gasteiger partial charge is 0.228 e. The van der Waals surface area contributed by atoms with E-state index in [2.05, 4.69) is 9.97 Å². The maximum atomic E-state index is 11.6. The van der Waals surface area contributed by atoms with E-state index in [9.17, 15) is 4.79 Å². The van der Waals surface area contributed by atoms with Gasteiger partial charge in [-0.05, 0) is 5.92 Å². The zero-order valence-electron chi connectivity index (χ0n) is 7.86. The molecule has 2 heterocycles. The third-order valence-corrected chi connectivity index (χ3v) is 2.94. The van der Waals surface area contributed by atoms with Crippen LogP contribution >= 0.6 is 23.2 Å². The third-order valence-electron chi connectivity index (χ3n) is 2.31. The Morgan fingerprint density at radius 2 is 2.27 bits per heavy atom. The number of hydrogen-bond donors (Lipinski definition) is 0. The molecule has 0 saturated carbocycles. The number of alkyl halides is 1. The Morgan fingerprint density at radius 1 is 1.47 bits per heavy atom. The SMILES string of the molecule is O=C1CC(CCl)CN1c1cnc(Cl)cn1. The van der Waals surface area contributed by atoms with Gasteiger partial charge in [0.05, 0.1) is 12.4 Å². The van der Waals surface area contributed by atoms with Crippen LogP contribution in [-0.4, -0.2) is 28.3 Å². The van der Waals surface area contributed by atoms with Gasteiger partial charge in [0, 0.05) is 18.8 Å². The first-order valence-corrected chi connectivity index (χ1v) is 5.46. The van der Waals surface area contributed by atoms with Gasteiger partial charge in [0.15, 0.2) is 5.82 Å². The van der Waals surface area contributed by atoms with Gasteiger partial charge in [-0.3, -0.25) is 9.69 Å². The number of rotatable bonds is 2. The van der Waals surface area contributed by atoms with E-state index < -0.39 is 0 Å². The van der Waals surface area contributed by atoms with Crippen molar-refractivity contribution >= 4 is 34.9 Å². The topological polar surface area (TPSA) is 46.1 Å². The standard InChI is InChI=1S/C9H9Cl2N3O/c10-2-6-1-9(15)14(5-6)8-4-12-7(11)3-13-8/h3-4,6H,1-2,5H2. The number of carbonyl (C=O) groups is 1. The highest BCUT2D eigenvalue weighted by Crippen LogP contribution is 2.23. The Morgan fingerprint density at radius 3 is 2.80 bits per heavy atom. The van der Waals surface area contributed by atoms with Crippen molar-refractivity contribution in [3.05, 3.63) is 17.5 Å². The largest absolute Gasteiger partial charge is 0.295 e. The second-order valence-electron chi connectivity index (χ2n) is 3.43. The number of anilines is 1. The molecule has 1 fully saturated rings. The summed E-state index contributed by atoms with van der Waals surface area (Å²) in [6.07, 6.45) is 3.41. The fourth-order valence-electron chi connectivity index (χ4n) is 1.55. The minimum Gasteiger partial charge on any atom is -0.295 e. The van der Waals surface area contributed by atoms with Crippen LogP contribution in [-0.2, 0) is 4.79 Å². The Balaban J connectivity index is 2.18. The van der Waals surface area contributed by atoms with Gasteiger partial charge >= 0.3 is 0 Å². The molecule has 1 atom stereocenters. The first-order chi connectivity index (χ1) is 7.20. The van der Waals surface area contributed by atoms with Crippen molar-refractivity contribution in [3.63, 3.8) is 0 Å². The van der Waals surface area contributed by atoms with Crippen molar-refractivity contribution in [2.75, 3.05) is 17.3 Å². The van der Waals surface area contributed by atoms with Gasteiger partial charge in [-0.2, -0.15) is 0 Å². The van der Waals surface area contributed by atoms with Crippen LogP contribution in [0.3, 0.4) is 0 Å².